The standard InChI is InChI=1S/C15H18ClNO2S2/c1-2-17(10-11-7-8-11)21(18,19)15-12-5-3-4-6-13(12)20-14(15)9-16/h3-6,11H,2,7-10H2,1H3. The van der Waals surface area contributed by atoms with E-state index in [9.17, 15) is 8.42 Å². The second kappa shape index (κ2) is 5.88. The van der Waals surface area contributed by atoms with E-state index in [1.165, 1.54) is 11.3 Å². The lowest BCUT2D eigenvalue weighted by Gasteiger charge is -2.20. The first-order chi connectivity index (χ1) is 10.1. The van der Waals surface area contributed by atoms with E-state index in [0.29, 0.717) is 23.9 Å². The molecule has 0 spiro atoms. The summed E-state index contributed by atoms with van der Waals surface area (Å²) in [5.74, 6) is 0.763. The summed E-state index contributed by atoms with van der Waals surface area (Å²) in [6, 6.07) is 7.63. The van der Waals surface area contributed by atoms with Gasteiger partial charge in [-0.3, -0.25) is 0 Å². The third kappa shape index (κ3) is 2.84. The Hall–Kier alpha value is -0.620. The molecule has 21 heavy (non-hydrogen) atoms. The number of hydrogen-bond acceptors (Lipinski definition) is 3. The maximum atomic E-state index is 13.1. The van der Waals surface area contributed by atoms with Crippen LogP contribution in [0.25, 0.3) is 10.1 Å². The predicted octanol–water partition coefficient (Wildman–Crippen LogP) is 4.06. The van der Waals surface area contributed by atoms with E-state index in [1.807, 2.05) is 31.2 Å². The summed E-state index contributed by atoms with van der Waals surface area (Å²) >= 11 is 7.48. The molecule has 0 saturated heterocycles. The maximum Gasteiger partial charge on any atom is 0.244 e. The molecule has 6 heteroatoms. The Morgan fingerprint density at radius 3 is 2.67 bits per heavy atom. The second-order valence-corrected chi connectivity index (χ2v) is 8.66. The molecule has 0 amide bonds. The lowest BCUT2D eigenvalue weighted by molar-refractivity contribution is 0.412. The average molecular weight is 344 g/mol. The van der Waals surface area contributed by atoms with Crippen LogP contribution < -0.4 is 0 Å². The van der Waals surface area contributed by atoms with Crippen molar-refractivity contribution < 1.29 is 8.42 Å². The predicted molar refractivity (Wildman–Crippen MR) is 88.5 cm³/mol. The van der Waals surface area contributed by atoms with Crippen LogP contribution >= 0.6 is 22.9 Å². The Bertz CT molecular complexity index is 750. The topological polar surface area (TPSA) is 37.4 Å². The zero-order valence-electron chi connectivity index (χ0n) is 11.9. The molecule has 1 heterocycles. The van der Waals surface area contributed by atoms with Gasteiger partial charge in [0.1, 0.15) is 4.90 Å². The number of hydrogen-bond donors (Lipinski definition) is 0. The highest BCUT2D eigenvalue weighted by molar-refractivity contribution is 7.89. The minimum atomic E-state index is -3.47. The number of fused-ring (bicyclic) bond motifs is 1. The molecule has 0 aliphatic heterocycles. The molecule has 0 atom stereocenters. The highest BCUT2D eigenvalue weighted by Gasteiger charge is 2.33. The van der Waals surface area contributed by atoms with E-state index in [0.717, 1.165) is 27.8 Å². The van der Waals surface area contributed by atoms with Gasteiger partial charge in [-0.15, -0.1) is 22.9 Å². The number of rotatable bonds is 6. The van der Waals surface area contributed by atoms with Crippen LogP contribution in [0.4, 0.5) is 0 Å². The molecule has 1 fully saturated rings. The maximum absolute atomic E-state index is 13.1. The molecule has 0 radical (unpaired) electrons. The molecule has 0 bridgehead atoms. The Balaban J connectivity index is 2.12. The summed E-state index contributed by atoms with van der Waals surface area (Å²) in [4.78, 5) is 1.16. The van der Waals surface area contributed by atoms with Gasteiger partial charge in [-0.1, -0.05) is 25.1 Å². The van der Waals surface area contributed by atoms with Crippen molar-refractivity contribution in [2.24, 2.45) is 5.92 Å². The molecule has 1 saturated carbocycles. The Labute approximate surface area is 134 Å². The van der Waals surface area contributed by atoms with Crippen LogP contribution in [0.15, 0.2) is 29.2 Å². The lowest BCUT2D eigenvalue weighted by Crippen LogP contribution is -2.33. The van der Waals surface area contributed by atoms with Gasteiger partial charge in [0.2, 0.25) is 10.0 Å². The van der Waals surface area contributed by atoms with E-state index in [-0.39, 0.29) is 5.88 Å². The molecule has 1 aliphatic carbocycles. The highest BCUT2D eigenvalue weighted by atomic mass is 35.5. The zero-order chi connectivity index (χ0) is 15.0. The molecule has 114 valence electrons. The van der Waals surface area contributed by atoms with Crippen molar-refractivity contribution in [3.63, 3.8) is 0 Å². The number of nitrogens with zero attached hydrogens (tertiary/aromatic N) is 1. The second-order valence-electron chi connectivity index (χ2n) is 5.38. The largest absolute Gasteiger partial charge is 0.244 e. The van der Waals surface area contributed by atoms with Crippen molar-refractivity contribution in [3.8, 4) is 0 Å². The van der Waals surface area contributed by atoms with Crippen LogP contribution in [0.1, 0.15) is 24.6 Å². The number of halogens is 1. The lowest BCUT2D eigenvalue weighted by atomic mass is 10.2. The van der Waals surface area contributed by atoms with Gasteiger partial charge < -0.3 is 0 Å². The fourth-order valence-corrected chi connectivity index (χ4v) is 6.21. The minimum absolute atomic E-state index is 0.231. The van der Waals surface area contributed by atoms with Crippen LogP contribution in [0.2, 0.25) is 0 Å². The SMILES string of the molecule is CCN(CC1CC1)S(=O)(=O)c1c(CCl)sc2ccccc12. The Kier molecular flexibility index (Phi) is 4.28. The van der Waals surface area contributed by atoms with Gasteiger partial charge in [-0.05, 0) is 24.8 Å². The first-order valence-electron chi connectivity index (χ1n) is 7.14. The van der Waals surface area contributed by atoms with Crippen molar-refractivity contribution in [2.75, 3.05) is 13.1 Å². The molecular formula is C15H18ClNO2S2. The Morgan fingerprint density at radius 2 is 2.05 bits per heavy atom. The molecular weight excluding hydrogens is 326 g/mol. The average Bonchev–Trinajstić information content (AvgIpc) is 3.21. The van der Waals surface area contributed by atoms with Crippen molar-refractivity contribution in [3.05, 3.63) is 29.1 Å². The van der Waals surface area contributed by atoms with Crippen molar-refractivity contribution in [1.82, 2.24) is 4.31 Å². The minimum Gasteiger partial charge on any atom is -0.207 e. The first-order valence-corrected chi connectivity index (χ1v) is 9.93. The first kappa shape index (κ1) is 15.3. The summed E-state index contributed by atoms with van der Waals surface area (Å²) in [6.07, 6.45) is 2.28. The molecule has 0 N–H and O–H groups in total. The fourth-order valence-electron chi connectivity index (χ4n) is 2.56. The van der Waals surface area contributed by atoms with Crippen molar-refractivity contribution in [1.29, 1.82) is 0 Å². The van der Waals surface area contributed by atoms with E-state index in [4.69, 9.17) is 11.6 Å². The summed E-state index contributed by atoms with van der Waals surface area (Å²) in [5, 5.41) is 0.799. The van der Waals surface area contributed by atoms with Gasteiger partial charge in [0.25, 0.3) is 0 Å². The van der Waals surface area contributed by atoms with E-state index < -0.39 is 10.0 Å². The molecule has 2 aromatic rings. The number of alkyl halides is 1. The third-order valence-corrected chi connectivity index (χ3v) is 7.64. The molecule has 3 rings (SSSR count). The van der Waals surface area contributed by atoms with Crippen LogP contribution in [0.3, 0.4) is 0 Å². The van der Waals surface area contributed by atoms with Gasteiger partial charge in [0, 0.05) is 28.1 Å². The van der Waals surface area contributed by atoms with E-state index >= 15 is 0 Å². The number of sulfonamides is 1. The van der Waals surface area contributed by atoms with Crippen LogP contribution in [0, 0.1) is 5.92 Å². The van der Waals surface area contributed by atoms with Crippen LogP contribution in [-0.4, -0.2) is 25.8 Å². The number of benzene rings is 1. The van der Waals surface area contributed by atoms with E-state index in [2.05, 4.69) is 0 Å². The smallest absolute Gasteiger partial charge is 0.207 e. The van der Waals surface area contributed by atoms with Gasteiger partial charge >= 0.3 is 0 Å². The van der Waals surface area contributed by atoms with Gasteiger partial charge in [-0.25, -0.2) is 8.42 Å². The molecule has 3 nitrogen and oxygen atoms in total. The van der Waals surface area contributed by atoms with E-state index in [1.54, 1.807) is 4.31 Å². The summed E-state index contributed by atoms with van der Waals surface area (Å²) in [6.45, 7) is 3.03. The van der Waals surface area contributed by atoms with Gasteiger partial charge in [0.15, 0.2) is 0 Å². The van der Waals surface area contributed by atoms with Gasteiger partial charge in [0.05, 0.1) is 5.88 Å². The van der Waals surface area contributed by atoms with Crippen molar-refractivity contribution >= 4 is 43.0 Å². The molecule has 0 unspecified atom stereocenters. The normalized spacial score (nSPS) is 16.0. The third-order valence-electron chi connectivity index (χ3n) is 3.85. The van der Waals surface area contributed by atoms with Crippen molar-refractivity contribution in [2.45, 2.75) is 30.5 Å². The fraction of sp³-hybridized carbons (Fsp3) is 0.467. The number of thiophene rings is 1. The Morgan fingerprint density at radius 1 is 1.33 bits per heavy atom. The van der Waals surface area contributed by atoms with Gasteiger partial charge in [-0.2, -0.15) is 4.31 Å². The monoisotopic (exact) mass is 343 g/mol. The molecule has 1 aliphatic rings. The quantitative estimate of drug-likeness (QED) is 0.742. The molecule has 1 aromatic heterocycles. The highest BCUT2D eigenvalue weighted by Crippen LogP contribution is 2.38. The summed E-state index contributed by atoms with van der Waals surface area (Å²) in [7, 11) is -3.47. The summed E-state index contributed by atoms with van der Waals surface area (Å²) in [5.41, 5.74) is 0. The van der Waals surface area contributed by atoms with Crippen LogP contribution in [-0.2, 0) is 15.9 Å². The van der Waals surface area contributed by atoms with Crippen LogP contribution in [0.5, 0.6) is 0 Å². The summed E-state index contributed by atoms with van der Waals surface area (Å²) < 4.78 is 28.7. The zero-order valence-corrected chi connectivity index (χ0v) is 14.3. The molecule has 1 aromatic carbocycles.